The van der Waals surface area contributed by atoms with Gasteiger partial charge in [-0.05, 0) is 25.2 Å². The predicted octanol–water partition coefficient (Wildman–Crippen LogP) is 2.00. The predicted molar refractivity (Wildman–Crippen MR) is 109 cm³/mol. The number of carbonyl (C=O) groups excluding carboxylic acids is 1. The Labute approximate surface area is 164 Å². The minimum Gasteiger partial charge on any atom is -0.312 e. The molecule has 0 spiro atoms. The van der Waals surface area contributed by atoms with Gasteiger partial charge in [0.2, 0.25) is 5.95 Å². The smallest absolute Gasteiger partial charge is 0.278 e. The van der Waals surface area contributed by atoms with Crippen LogP contribution in [0.1, 0.15) is 35.6 Å². The zero-order valence-electron chi connectivity index (χ0n) is 16.5. The minimum atomic E-state index is -0.222. The molecule has 8 heteroatoms. The highest BCUT2D eigenvalue weighted by molar-refractivity contribution is 6.04. The quantitative estimate of drug-likeness (QED) is 0.582. The maximum Gasteiger partial charge on any atom is 0.278 e. The Balaban J connectivity index is 1.61. The average Bonchev–Trinajstić information content (AvgIpc) is 3.30. The summed E-state index contributed by atoms with van der Waals surface area (Å²) in [5, 5.41) is 13.6. The molecule has 28 heavy (non-hydrogen) atoms. The van der Waals surface area contributed by atoms with Crippen molar-refractivity contribution in [2.75, 3.05) is 31.5 Å². The number of nitrogens with one attached hydrogen (secondary N) is 3. The number of aromatic nitrogens is 4. The monoisotopic (exact) mass is 381 g/mol. The van der Waals surface area contributed by atoms with Crippen LogP contribution in [-0.4, -0.2) is 56.7 Å². The number of H-pyrrole nitrogens is 1. The van der Waals surface area contributed by atoms with E-state index in [0.29, 0.717) is 18.2 Å². The first kappa shape index (κ1) is 18.6. The third kappa shape index (κ3) is 3.53. The summed E-state index contributed by atoms with van der Waals surface area (Å²) in [5.41, 5.74) is 4.34. The number of anilines is 1. The molecule has 0 saturated heterocycles. The lowest BCUT2D eigenvalue weighted by atomic mass is 10.1. The molecule has 0 fully saturated rings. The summed E-state index contributed by atoms with van der Waals surface area (Å²) in [4.78, 5) is 20.0. The highest BCUT2D eigenvalue weighted by Gasteiger charge is 2.23. The lowest BCUT2D eigenvalue weighted by molar-refractivity contribution is 0.102. The second kappa shape index (κ2) is 8.12. The summed E-state index contributed by atoms with van der Waals surface area (Å²) in [7, 11) is 0. The molecule has 1 aliphatic rings. The van der Waals surface area contributed by atoms with Crippen molar-refractivity contribution >= 4 is 22.9 Å². The number of nitrogens with zero attached hydrogens (tertiary/aromatic N) is 4. The van der Waals surface area contributed by atoms with Crippen LogP contribution in [0.25, 0.3) is 11.0 Å². The Morgan fingerprint density at radius 2 is 2.11 bits per heavy atom. The molecule has 1 aliphatic heterocycles. The molecule has 0 aliphatic carbocycles. The average molecular weight is 381 g/mol. The fraction of sp³-hybridized carbons (Fsp3) is 0.450. The summed E-state index contributed by atoms with van der Waals surface area (Å²) >= 11 is 0. The number of aromatic amines is 1. The third-order valence-corrected chi connectivity index (χ3v) is 5.44. The number of hydrogen-bond donors (Lipinski definition) is 3. The van der Waals surface area contributed by atoms with Gasteiger partial charge in [-0.25, -0.2) is 4.98 Å². The molecule has 3 heterocycles. The maximum atomic E-state index is 12.9. The van der Waals surface area contributed by atoms with Crippen LogP contribution in [0.4, 0.5) is 5.95 Å². The Morgan fingerprint density at radius 1 is 1.29 bits per heavy atom. The summed E-state index contributed by atoms with van der Waals surface area (Å²) in [6, 6.07) is 7.98. The van der Waals surface area contributed by atoms with Crippen molar-refractivity contribution in [3.8, 4) is 0 Å². The van der Waals surface area contributed by atoms with Gasteiger partial charge in [0.05, 0.1) is 11.0 Å². The Kier molecular flexibility index (Phi) is 5.40. The van der Waals surface area contributed by atoms with Crippen molar-refractivity contribution in [2.24, 2.45) is 0 Å². The number of carbonyl (C=O) groups is 1. The largest absolute Gasteiger partial charge is 0.312 e. The maximum absolute atomic E-state index is 12.9. The van der Waals surface area contributed by atoms with Crippen molar-refractivity contribution < 1.29 is 4.79 Å². The molecule has 4 rings (SSSR count). The first-order valence-corrected chi connectivity index (χ1v) is 9.97. The van der Waals surface area contributed by atoms with Gasteiger partial charge in [0.15, 0.2) is 5.69 Å². The van der Waals surface area contributed by atoms with E-state index in [2.05, 4.69) is 49.1 Å². The SMILES string of the molecule is CCN(CC)CCn1c(NC(=O)c2n[nH]c3c2CNCC3)nc2ccccc21. The number of para-hydroxylation sites is 2. The first-order valence-electron chi connectivity index (χ1n) is 9.97. The van der Waals surface area contributed by atoms with Gasteiger partial charge in [0.1, 0.15) is 0 Å². The topological polar surface area (TPSA) is 90.9 Å². The van der Waals surface area contributed by atoms with E-state index in [4.69, 9.17) is 0 Å². The fourth-order valence-electron chi connectivity index (χ4n) is 3.75. The number of hydrogen-bond acceptors (Lipinski definition) is 5. The molecule has 0 atom stereocenters. The van der Waals surface area contributed by atoms with Crippen LogP contribution in [-0.2, 0) is 19.5 Å². The van der Waals surface area contributed by atoms with Crippen LogP contribution in [0.3, 0.4) is 0 Å². The second-order valence-corrected chi connectivity index (χ2v) is 7.01. The van der Waals surface area contributed by atoms with E-state index >= 15 is 0 Å². The Morgan fingerprint density at radius 3 is 2.93 bits per heavy atom. The molecule has 0 saturated carbocycles. The van der Waals surface area contributed by atoms with Crippen molar-refractivity contribution in [3.05, 3.63) is 41.2 Å². The lowest BCUT2D eigenvalue weighted by Gasteiger charge is -2.19. The molecule has 1 amide bonds. The van der Waals surface area contributed by atoms with Gasteiger partial charge in [0.25, 0.3) is 5.91 Å². The second-order valence-electron chi connectivity index (χ2n) is 7.01. The van der Waals surface area contributed by atoms with Crippen LogP contribution in [0, 0.1) is 0 Å². The van der Waals surface area contributed by atoms with E-state index in [0.717, 1.165) is 61.4 Å². The normalized spacial score (nSPS) is 13.8. The first-order chi connectivity index (χ1) is 13.7. The number of likely N-dealkylation sites (N-methyl/N-ethyl adjacent to an activating group) is 1. The number of fused-ring (bicyclic) bond motifs is 2. The van der Waals surface area contributed by atoms with E-state index in [1.165, 1.54) is 0 Å². The fourth-order valence-corrected chi connectivity index (χ4v) is 3.75. The Bertz CT molecular complexity index is 970. The summed E-state index contributed by atoms with van der Waals surface area (Å²) < 4.78 is 2.09. The molecule has 8 nitrogen and oxygen atoms in total. The lowest BCUT2D eigenvalue weighted by Crippen LogP contribution is -2.28. The molecular weight excluding hydrogens is 354 g/mol. The van der Waals surface area contributed by atoms with Crippen molar-refractivity contribution in [1.29, 1.82) is 0 Å². The van der Waals surface area contributed by atoms with Crippen molar-refractivity contribution in [3.63, 3.8) is 0 Å². The van der Waals surface area contributed by atoms with E-state index < -0.39 is 0 Å². The minimum absolute atomic E-state index is 0.222. The van der Waals surface area contributed by atoms with Gasteiger partial charge in [-0.15, -0.1) is 0 Å². The number of imidazole rings is 1. The van der Waals surface area contributed by atoms with Gasteiger partial charge in [0, 0.05) is 43.9 Å². The molecule has 3 aromatic rings. The van der Waals surface area contributed by atoms with E-state index in [-0.39, 0.29) is 5.91 Å². The summed E-state index contributed by atoms with van der Waals surface area (Å²) in [5.74, 6) is 0.347. The van der Waals surface area contributed by atoms with E-state index in [1.807, 2.05) is 24.3 Å². The zero-order chi connectivity index (χ0) is 19.5. The highest BCUT2D eigenvalue weighted by atomic mass is 16.2. The van der Waals surface area contributed by atoms with Crippen LogP contribution < -0.4 is 10.6 Å². The van der Waals surface area contributed by atoms with Crippen LogP contribution >= 0.6 is 0 Å². The van der Waals surface area contributed by atoms with Gasteiger partial charge in [-0.1, -0.05) is 26.0 Å². The molecule has 0 bridgehead atoms. The standard InChI is InChI=1S/C20H27N7O/c1-3-26(4-2)11-12-27-17-8-6-5-7-16(17)22-20(27)23-19(28)18-14-13-21-10-9-15(14)24-25-18/h5-8,21H,3-4,9-13H2,1-2H3,(H,24,25)(H,22,23,28). The van der Waals surface area contributed by atoms with Crippen LogP contribution in [0.2, 0.25) is 0 Å². The molecule has 2 aromatic heterocycles. The van der Waals surface area contributed by atoms with E-state index in [1.54, 1.807) is 0 Å². The van der Waals surface area contributed by atoms with Gasteiger partial charge in [-0.2, -0.15) is 5.10 Å². The van der Waals surface area contributed by atoms with Gasteiger partial charge >= 0.3 is 0 Å². The van der Waals surface area contributed by atoms with Crippen molar-refractivity contribution in [2.45, 2.75) is 33.4 Å². The van der Waals surface area contributed by atoms with E-state index in [9.17, 15) is 4.79 Å². The summed E-state index contributed by atoms with van der Waals surface area (Å²) in [6.07, 6.45) is 0.859. The Hall–Kier alpha value is -2.71. The van der Waals surface area contributed by atoms with Crippen molar-refractivity contribution in [1.82, 2.24) is 30.0 Å². The van der Waals surface area contributed by atoms with Crippen LogP contribution in [0.5, 0.6) is 0 Å². The summed E-state index contributed by atoms with van der Waals surface area (Å²) in [6.45, 7) is 9.54. The molecule has 3 N–H and O–H groups in total. The molecular formula is C20H27N7O. The molecule has 1 aromatic carbocycles. The van der Waals surface area contributed by atoms with Gasteiger partial charge < -0.3 is 14.8 Å². The number of benzene rings is 1. The highest BCUT2D eigenvalue weighted by Crippen LogP contribution is 2.21. The zero-order valence-corrected chi connectivity index (χ0v) is 16.5. The number of amides is 1. The molecule has 0 radical (unpaired) electrons. The third-order valence-electron chi connectivity index (χ3n) is 5.44. The van der Waals surface area contributed by atoms with Gasteiger partial charge in [-0.3, -0.25) is 15.2 Å². The van der Waals surface area contributed by atoms with Crippen LogP contribution in [0.15, 0.2) is 24.3 Å². The number of rotatable bonds is 7. The molecule has 0 unspecified atom stereocenters. The molecule has 148 valence electrons.